The number of aromatic nitrogens is 1. The maximum Gasteiger partial charge on any atom is 0.230 e. The Morgan fingerprint density at radius 2 is 0.939 bits per heavy atom. The maximum absolute atomic E-state index is 2.51. The van der Waals surface area contributed by atoms with Crippen molar-refractivity contribution in [2.45, 2.75) is 66.0 Å². The van der Waals surface area contributed by atoms with E-state index >= 15 is 0 Å². The zero-order chi connectivity index (χ0) is 23.4. The van der Waals surface area contributed by atoms with E-state index in [0.717, 1.165) is 0 Å². The molecule has 2 aliphatic rings. The van der Waals surface area contributed by atoms with E-state index in [9.17, 15) is 0 Å². The molecule has 3 heterocycles. The molecule has 0 bridgehead atoms. The molecule has 0 N–H and O–H groups in total. The minimum atomic E-state index is 0.235. The van der Waals surface area contributed by atoms with E-state index in [1.807, 2.05) is 0 Å². The number of fused-ring (bicyclic) bond motifs is 2. The second-order valence-corrected chi connectivity index (χ2v) is 9.78. The van der Waals surface area contributed by atoms with Crippen molar-refractivity contribution < 1.29 is 4.57 Å². The molecule has 172 valence electrons. The summed E-state index contributed by atoms with van der Waals surface area (Å²) in [6.45, 7) is 13.7. The van der Waals surface area contributed by atoms with Crippen LogP contribution in [-0.2, 0) is 7.05 Å². The number of nitrogens with zero attached hydrogens (tertiary/aromatic N) is 5. The third kappa shape index (κ3) is 3.17. The summed E-state index contributed by atoms with van der Waals surface area (Å²) in [5.74, 6) is 2.39. The van der Waals surface area contributed by atoms with Crippen LogP contribution in [0.4, 0.5) is 34.4 Å². The second-order valence-electron chi connectivity index (χ2n) is 9.78. The summed E-state index contributed by atoms with van der Waals surface area (Å²) < 4.78 is 2.36. The molecule has 0 radical (unpaired) electrons. The summed E-state index contributed by atoms with van der Waals surface area (Å²) in [6, 6.07) is 25.1. The first-order valence-corrected chi connectivity index (χ1v) is 12.1. The highest BCUT2D eigenvalue weighted by Gasteiger charge is 2.43. The first-order valence-electron chi connectivity index (χ1n) is 12.1. The Morgan fingerprint density at radius 3 is 1.30 bits per heavy atom. The molecule has 33 heavy (non-hydrogen) atoms. The number of para-hydroxylation sites is 4. The first kappa shape index (κ1) is 21.6. The molecule has 0 aliphatic carbocycles. The average Bonchev–Trinajstić information content (AvgIpc) is 3.24. The molecular weight excluding hydrogens is 406 g/mol. The molecule has 0 unspecified atom stereocenters. The molecule has 3 aromatic rings. The number of hydrogen-bond acceptors (Lipinski definition) is 4. The summed E-state index contributed by atoms with van der Waals surface area (Å²) in [7, 11) is 2.20. The van der Waals surface area contributed by atoms with Gasteiger partial charge in [0.1, 0.15) is 11.4 Å². The molecule has 5 nitrogen and oxygen atoms in total. The fourth-order valence-electron chi connectivity index (χ4n) is 5.92. The number of hydrogen-bond donors (Lipinski definition) is 0. The van der Waals surface area contributed by atoms with Gasteiger partial charge in [-0.3, -0.25) is 0 Å². The minimum Gasteiger partial charge on any atom is -0.334 e. The summed E-state index contributed by atoms with van der Waals surface area (Å²) in [5.41, 5.74) is 5.14. The van der Waals surface area contributed by atoms with E-state index < -0.39 is 0 Å². The molecule has 0 saturated heterocycles. The smallest absolute Gasteiger partial charge is 0.230 e. The fourth-order valence-corrected chi connectivity index (χ4v) is 5.92. The highest BCUT2D eigenvalue weighted by atomic mass is 15.5. The van der Waals surface area contributed by atoms with Crippen molar-refractivity contribution in [3.05, 3.63) is 66.7 Å². The van der Waals surface area contributed by atoms with E-state index in [4.69, 9.17) is 0 Å². The number of rotatable bonds is 4. The summed E-state index contributed by atoms with van der Waals surface area (Å²) in [4.78, 5) is 9.98. The maximum atomic E-state index is 2.51. The van der Waals surface area contributed by atoms with Gasteiger partial charge in [-0.25, -0.2) is 14.4 Å². The van der Waals surface area contributed by atoms with Gasteiger partial charge in [0, 0.05) is 24.2 Å². The van der Waals surface area contributed by atoms with Crippen molar-refractivity contribution in [1.29, 1.82) is 0 Å². The predicted molar refractivity (Wildman–Crippen MR) is 139 cm³/mol. The molecule has 2 atom stereocenters. The molecule has 0 fully saturated rings. The lowest BCUT2D eigenvalue weighted by Crippen LogP contribution is -2.50. The third-order valence-electron chi connectivity index (χ3n) is 7.18. The van der Waals surface area contributed by atoms with Gasteiger partial charge in [0.15, 0.2) is 12.3 Å². The normalized spacial score (nSPS) is 19.7. The van der Waals surface area contributed by atoms with Crippen LogP contribution in [0, 0.1) is 0 Å². The third-order valence-corrected chi connectivity index (χ3v) is 7.18. The fraction of sp³-hybridized carbons (Fsp3) is 0.393. The van der Waals surface area contributed by atoms with Gasteiger partial charge in [-0.1, -0.05) is 24.3 Å². The van der Waals surface area contributed by atoms with Gasteiger partial charge in [-0.05, 0) is 71.9 Å². The van der Waals surface area contributed by atoms with Crippen molar-refractivity contribution >= 4 is 34.4 Å². The monoisotopic (exact) mass is 442 g/mol. The van der Waals surface area contributed by atoms with Crippen LogP contribution in [0.2, 0.25) is 0 Å². The largest absolute Gasteiger partial charge is 0.334 e. The molecule has 0 amide bonds. The molecule has 5 rings (SSSR count). The number of pyridine rings is 1. The lowest BCUT2D eigenvalue weighted by Gasteiger charge is -2.32. The van der Waals surface area contributed by atoms with Crippen molar-refractivity contribution in [1.82, 2.24) is 0 Å². The topological polar surface area (TPSA) is 16.8 Å². The first-order chi connectivity index (χ1) is 15.8. The lowest BCUT2D eigenvalue weighted by molar-refractivity contribution is -0.645. The van der Waals surface area contributed by atoms with Crippen molar-refractivity contribution in [2.24, 2.45) is 7.05 Å². The molecule has 1 aromatic heterocycles. The van der Waals surface area contributed by atoms with Crippen LogP contribution in [0.5, 0.6) is 0 Å². The minimum absolute atomic E-state index is 0.235. The Kier molecular flexibility index (Phi) is 5.23. The highest BCUT2D eigenvalue weighted by Crippen LogP contribution is 2.46. The number of anilines is 6. The van der Waals surface area contributed by atoms with Crippen LogP contribution in [0.1, 0.15) is 41.5 Å². The van der Waals surface area contributed by atoms with Crippen LogP contribution in [0.3, 0.4) is 0 Å². The quantitative estimate of drug-likeness (QED) is 0.465. The standard InChI is InChI=1S/C28H36N5/c1-19(2)30-21(5)32(25-15-10-8-13-23(25)30)27-17-12-18-28(29(27)7)33-22(6)31(20(3)4)24-14-9-11-16-26(24)33/h8-22H,1-7H3/q+1/t21-,22+. The van der Waals surface area contributed by atoms with Crippen molar-refractivity contribution in [2.75, 3.05) is 19.6 Å². The van der Waals surface area contributed by atoms with Gasteiger partial charge in [-0.2, -0.15) is 0 Å². The van der Waals surface area contributed by atoms with E-state index in [1.54, 1.807) is 0 Å². The SMILES string of the molecule is CC(C)N1c2ccccc2N(c2cccc(N3c4ccccc4N(C(C)C)[C@H]3C)[n+]2C)[C@H]1C. The Hall–Kier alpha value is -3.21. The van der Waals surface area contributed by atoms with Gasteiger partial charge in [-0.15, -0.1) is 0 Å². The van der Waals surface area contributed by atoms with E-state index in [0.29, 0.717) is 12.1 Å². The van der Waals surface area contributed by atoms with Gasteiger partial charge in [0.25, 0.3) is 0 Å². The molecular formula is C28H36N5+. The zero-order valence-corrected chi connectivity index (χ0v) is 20.9. The Bertz CT molecular complexity index is 1080. The van der Waals surface area contributed by atoms with Crippen LogP contribution in [0.15, 0.2) is 66.7 Å². The molecule has 0 saturated carbocycles. The summed E-state index contributed by atoms with van der Waals surface area (Å²) in [6.07, 6.45) is 0.471. The molecule has 0 spiro atoms. The number of benzene rings is 2. The lowest BCUT2D eigenvalue weighted by atomic mass is 10.2. The Labute approximate surface area is 198 Å². The van der Waals surface area contributed by atoms with Gasteiger partial charge in [0.05, 0.1) is 18.4 Å². The second kappa shape index (κ2) is 7.98. The summed E-state index contributed by atoms with van der Waals surface area (Å²) >= 11 is 0. The zero-order valence-electron chi connectivity index (χ0n) is 20.9. The Morgan fingerprint density at radius 1 is 0.576 bits per heavy atom. The predicted octanol–water partition coefficient (Wildman–Crippen LogP) is 5.94. The van der Waals surface area contributed by atoms with Crippen LogP contribution < -0.4 is 24.2 Å². The van der Waals surface area contributed by atoms with Crippen LogP contribution in [-0.4, -0.2) is 24.4 Å². The highest BCUT2D eigenvalue weighted by molar-refractivity contribution is 5.84. The molecule has 2 aliphatic heterocycles. The average molecular weight is 443 g/mol. The van der Waals surface area contributed by atoms with Crippen LogP contribution in [0.25, 0.3) is 0 Å². The Balaban J connectivity index is 1.64. The summed E-state index contributed by atoms with van der Waals surface area (Å²) in [5, 5.41) is 0. The van der Waals surface area contributed by atoms with E-state index in [-0.39, 0.29) is 12.3 Å². The molecule has 2 aromatic carbocycles. The molecule has 5 heteroatoms. The van der Waals surface area contributed by atoms with E-state index in [2.05, 4.69) is 139 Å². The van der Waals surface area contributed by atoms with Crippen molar-refractivity contribution in [3.8, 4) is 0 Å². The van der Waals surface area contributed by atoms with E-state index in [1.165, 1.54) is 34.4 Å². The van der Waals surface area contributed by atoms with Gasteiger partial charge in [0.2, 0.25) is 11.6 Å². The van der Waals surface area contributed by atoms with Gasteiger partial charge < -0.3 is 9.80 Å². The van der Waals surface area contributed by atoms with Gasteiger partial charge >= 0.3 is 0 Å². The van der Waals surface area contributed by atoms with Crippen LogP contribution >= 0.6 is 0 Å². The van der Waals surface area contributed by atoms with Crippen molar-refractivity contribution in [3.63, 3.8) is 0 Å².